The van der Waals surface area contributed by atoms with Crippen molar-refractivity contribution in [1.82, 2.24) is 45.4 Å². The minimum Gasteiger partial charge on any atom is -0.453 e. The minimum absolute atomic E-state index is 0.121. The number of nitrogens with one attached hydrogen (secondary N) is 4. The lowest BCUT2D eigenvalue weighted by Crippen LogP contribution is -2.51. The molecule has 0 saturated carbocycles. The molecule has 6 aromatic rings. The summed E-state index contributed by atoms with van der Waals surface area (Å²) in [5, 5.41) is 5.39. The number of oxazole rings is 1. The van der Waals surface area contributed by atoms with Crippen LogP contribution in [0.3, 0.4) is 0 Å². The van der Waals surface area contributed by atoms with E-state index >= 15 is 0 Å². The summed E-state index contributed by atoms with van der Waals surface area (Å²) in [5.41, 5.74) is 6.10. The molecule has 0 bridgehead atoms. The zero-order chi connectivity index (χ0) is 41.9. The second kappa shape index (κ2) is 17.1. The van der Waals surface area contributed by atoms with Gasteiger partial charge in [0, 0.05) is 24.2 Å². The molecule has 310 valence electrons. The fourth-order valence-electron chi connectivity index (χ4n) is 8.10. The van der Waals surface area contributed by atoms with Gasteiger partial charge in [-0.15, -0.1) is 0 Å². The molecule has 8 rings (SSSR count). The van der Waals surface area contributed by atoms with Gasteiger partial charge in [0.05, 0.1) is 50.1 Å². The van der Waals surface area contributed by atoms with E-state index in [9.17, 15) is 19.2 Å². The Bertz CT molecular complexity index is 2490. The maximum Gasteiger partial charge on any atom is 0.407 e. The van der Waals surface area contributed by atoms with Gasteiger partial charge < -0.3 is 44.3 Å². The van der Waals surface area contributed by atoms with Gasteiger partial charge in [0.25, 0.3) is 5.91 Å². The fraction of sp³-hybridized carbons (Fsp3) is 0.341. The quantitative estimate of drug-likeness (QED) is 0.105. The van der Waals surface area contributed by atoms with Crippen LogP contribution in [0.2, 0.25) is 0 Å². The second-order valence-electron chi connectivity index (χ2n) is 15.4. The summed E-state index contributed by atoms with van der Waals surface area (Å²) in [4.78, 5) is 76.2. The first kappa shape index (κ1) is 39.8. The number of carbonyl (C=O) groups excluding carboxylic acids is 4. The lowest BCUT2D eigenvalue weighted by Gasteiger charge is -2.30. The number of amides is 4. The van der Waals surface area contributed by atoms with Gasteiger partial charge in [-0.1, -0.05) is 62.4 Å². The summed E-state index contributed by atoms with van der Waals surface area (Å²) in [6, 6.07) is 20.6. The Morgan fingerprint density at radius 3 is 1.92 bits per heavy atom. The maximum absolute atomic E-state index is 13.9. The molecule has 3 aromatic heterocycles. The SMILES string of the molecule is COC(=O)N[C@H](C(=O)N1CCC[C@H]1c1ncc(-c2ccc(-c3nc4ccc(-c5cnc([C@@H]6CCCN6C(=O)[C@H](NC(=O)OC)c6ccccc6)[nH]5)cc4o3)cc2)[nH]1)C(C)C. The first-order chi connectivity index (χ1) is 29.1. The Morgan fingerprint density at radius 1 is 0.733 bits per heavy atom. The molecule has 0 radical (unpaired) electrons. The first-order valence-corrected chi connectivity index (χ1v) is 20.1. The lowest BCUT2D eigenvalue weighted by molar-refractivity contribution is -0.135. The van der Waals surface area contributed by atoms with Crippen LogP contribution in [0.15, 0.2) is 89.6 Å². The molecule has 4 N–H and O–H groups in total. The number of H-pyrrole nitrogens is 2. The minimum atomic E-state index is -0.902. The van der Waals surface area contributed by atoms with Gasteiger partial charge in [-0.05, 0) is 67.0 Å². The molecule has 4 amide bonds. The molecule has 0 aliphatic carbocycles. The maximum atomic E-state index is 13.9. The number of alkyl carbamates (subject to hydrolysis) is 2. The van der Waals surface area contributed by atoms with Crippen molar-refractivity contribution in [2.75, 3.05) is 27.3 Å². The Hall–Kier alpha value is -6.97. The van der Waals surface area contributed by atoms with Crippen LogP contribution in [0.5, 0.6) is 0 Å². The van der Waals surface area contributed by atoms with Gasteiger partial charge in [-0.3, -0.25) is 9.59 Å². The molecule has 2 aliphatic rings. The number of rotatable bonds is 11. The van der Waals surface area contributed by atoms with Crippen molar-refractivity contribution in [3.8, 4) is 34.0 Å². The van der Waals surface area contributed by atoms with Crippen LogP contribution < -0.4 is 10.6 Å². The highest BCUT2D eigenvalue weighted by Gasteiger charge is 2.39. The molecule has 60 heavy (non-hydrogen) atoms. The van der Waals surface area contributed by atoms with E-state index in [0.29, 0.717) is 47.3 Å². The normalized spacial score (nSPS) is 17.5. The third-order valence-electron chi connectivity index (χ3n) is 11.3. The summed E-state index contributed by atoms with van der Waals surface area (Å²) >= 11 is 0. The molecular weight excluding hydrogens is 767 g/mol. The van der Waals surface area contributed by atoms with Gasteiger partial charge in [-0.2, -0.15) is 0 Å². The third-order valence-corrected chi connectivity index (χ3v) is 11.3. The number of likely N-dealkylation sites (tertiary alicyclic amines) is 2. The molecule has 0 spiro atoms. The monoisotopic (exact) mass is 813 g/mol. The number of fused-ring (bicyclic) bond motifs is 1. The van der Waals surface area contributed by atoms with Crippen LogP contribution in [0.25, 0.3) is 45.1 Å². The third kappa shape index (κ3) is 8.04. The van der Waals surface area contributed by atoms with Gasteiger partial charge in [0.2, 0.25) is 11.8 Å². The summed E-state index contributed by atoms with van der Waals surface area (Å²) in [6.45, 7) is 4.89. The zero-order valence-electron chi connectivity index (χ0n) is 33.8. The smallest absolute Gasteiger partial charge is 0.407 e. The van der Waals surface area contributed by atoms with Gasteiger partial charge >= 0.3 is 12.2 Å². The standard InChI is InChI=1S/C44H47N9O7/c1-25(2)36(50-43(56)58-3)41(54)52-20-8-12-33(52)38-45-23-31(47-38)26-14-16-28(17-15-26)40-49-30-19-18-29(22-35(30)60-40)32-24-46-39(48-32)34-13-9-21-53(34)42(55)37(51-44(57)59-4)27-10-6-5-7-11-27/h5-7,10-11,14-19,22-25,33-34,36-37H,8-9,12-13,20-21H2,1-4H3,(H,45,47)(H,46,48)(H,50,56)(H,51,57)/t33-,34-,36-,37+/m0/s1. The molecule has 2 aliphatic heterocycles. The van der Waals surface area contributed by atoms with Crippen LogP contribution in [-0.4, -0.2) is 92.1 Å². The number of carbonyl (C=O) groups is 4. The first-order valence-electron chi connectivity index (χ1n) is 20.1. The molecule has 4 atom stereocenters. The number of methoxy groups -OCH3 is 2. The highest BCUT2D eigenvalue weighted by Crippen LogP contribution is 2.36. The molecular formula is C44H47N9O7. The van der Waals surface area contributed by atoms with Crippen molar-refractivity contribution < 1.29 is 33.1 Å². The number of aromatic nitrogens is 5. The molecule has 16 heteroatoms. The second-order valence-corrected chi connectivity index (χ2v) is 15.4. The van der Waals surface area contributed by atoms with Gasteiger partial charge in [0.1, 0.15) is 29.2 Å². The van der Waals surface area contributed by atoms with Crippen molar-refractivity contribution in [3.05, 3.63) is 102 Å². The number of hydrogen-bond donors (Lipinski definition) is 4. The van der Waals surface area contributed by atoms with E-state index in [-0.39, 0.29) is 29.8 Å². The summed E-state index contributed by atoms with van der Waals surface area (Å²) in [7, 11) is 2.55. The van der Waals surface area contributed by atoms with Crippen molar-refractivity contribution in [2.24, 2.45) is 5.92 Å². The zero-order valence-corrected chi connectivity index (χ0v) is 33.8. The van der Waals surface area contributed by atoms with E-state index in [1.165, 1.54) is 14.2 Å². The van der Waals surface area contributed by atoms with Crippen molar-refractivity contribution in [3.63, 3.8) is 0 Å². The van der Waals surface area contributed by atoms with E-state index in [2.05, 4.69) is 25.6 Å². The molecule has 0 unspecified atom stereocenters. The van der Waals surface area contributed by atoms with E-state index in [1.54, 1.807) is 34.3 Å². The van der Waals surface area contributed by atoms with E-state index < -0.39 is 24.3 Å². The number of nitrogens with zero attached hydrogens (tertiary/aromatic N) is 5. The fourth-order valence-corrected chi connectivity index (χ4v) is 8.10. The van der Waals surface area contributed by atoms with Crippen molar-refractivity contribution in [2.45, 2.75) is 63.7 Å². The molecule has 2 fully saturated rings. The Balaban J connectivity index is 0.953. The van der Waals surface area contributed by atoms with E-state index in [1.807, 2.05) is 74.5 Å². The predicted molar refractivity (Wildman–Crippen MR) is 221 cm³/mol. The van der Waals surface area contributed by atoms with Gasteiger partial charge in [-0.25, -0.2) is 24.5 Å². The summed E-state index contributed by atoms with van der Waals surface area (Å²) in [5.74, 6) is 1.31. The van der Waals surface area contributed by atoms with Crippen LogP contribution in [0.1, 0.15) is 74.9 Å². The number of hydrogen-bond acceptors (Lipinski definition) is 10. The molecule has 16 nitrogen and oxygen atoms in total. The average Bonchev–Trinajstić information content (AvgIpc) is 4.13. The molecule has 3 aromatic carbocycles. The number of imidazole rings is 2. The van der Waals surface area contributed by atoms with E-state index in [4.69, 9.17) is 23.9 Å². The highest BCUT2D eigenvalue weighted by atomic mass is 16.5. The number of benzene rings is 3. The largest absolute Gasteiger partial charge is 0.453 e. The summed E-state index contributed by atoms with van der Waals surface area (Å²) < 4.78 is 15.8. The molecule has 2 saturated heterocycles. The van der Waals surface area contributed by atoms with Crippen molar-refractivity contribution in [1.29, 1.82) is 0 Å². The Labute approximate surface area is 346 Å². The average molecular weight is 814 g/mol. The topological polar surface area (TPSA) is 201 Å². The van der Waals surface area contributed by atoms with Crippen molar-refractivity contribution >= 4 is 35.1 Å². The summed E-state index contributed by atoms with van der Waals surface area (Å²) in [6.07, 6.45) is 5.31. The van der Waals surface area contributed by atoms with Crippen LogP contribution in [-0.2, 0) is 19.1 Å². The lowest BCUT2D eigenvalue weighted by atomic mass is 10.0. The number of aromatic amines is 2. The van der Waals surface area contributed by atoms with E-state index in [0.717, 1.165) is 53.8 Å². The Kier molecular flexibility index (Phi) is 11.3. The van der Waals surface area contributed by atoms with Crippen LogP contribution in [0.4, 0.5) is 9.59 Å². The van der Waals surface area contributed by atoms with Gasteiger partial charge in [0.15, 0.2) is 5.58 Å². The predicted octanol–water partition coefficient (Wildman–Crippen LogP) is 7.08. The van der Waals surface area contributed by atoms with Crippen LogP contribution in [0, 0.1) is 5.92 Å². The number of ether oxygens (including phenoxy) is 2. The Morgan fingerprint density at radius 2 is 1.30 bits per heavy atom. The molecule has 5 heterocycles. The highest BCUT2D eigenvalue weighted by molar-refractivity contribution is 5.88. The van der Waals surface area contributed by atoms with Crippen LogP contribution >= 0.6 is 0 Å².